The van der Waals surface area contributed by atoms with Gasteiger partial charge in [0.2, 0.25) is 0 Å². The monoisotopic (exact) mass is 222 g/mol. The van der Waals surface area contributed by atoms with Gasteiger partial charge < -0.3 is 15.4 Å². The number of likely N-dealkylation sites (N-methyl/N-ethyl adjacent to an activating group) is 1. The van der Waals surface area contributed by atoms with E-state index in [1.54, 1.807) is 7.05 Å². The second-order valence-electron chi connectivity index (χ2n) is 3.80. The number of carbonyl (C=O) groups is 1. The van der Waals surface area contributed by atoms with Gasteiger partial charge in [-0.25, -0.2) is 4.79 Å². The molecule has 4 heteroatoms. The number of rotatable bonds is 3. The predicted molar refractivity (Wildman–Crippen MR) is 63.6 cm³/mol. The maximum atomic E-state index is 11.7. The summed E-state index contributed by atoms with van der Waals surface area (Å²) in [4.78, 5) is 13.1. The van der Waals surface area contributed by atoms with Crippen molar-refractivity contribution in [2.24, 2.45) is 5.73 Å². The van der Waals surface area contributed by atoms with Gasteiger partial charge in [0, 0.05) is 20.1 Å². The first-order valence-electron chi connectivity index (χ1n) is 5.25. The number of carbonyl (C=O) groups excluding carboxylic acids is 1. The first-order chi connectivity index (χ1) is 7.56. The van der Waals surface area contributed by atoms with Gasteiger partial charge in [-0.15, -0.1) is 0 Å². The Balaban J connectivity index is 2.77. The summed E-state index contributed by atoms with van der Waals surface area (Å²) in [7, 11) is 1.67. The van der Waals surface area contributed by atoms with E-state index in [0.717, 1.165) is 11.1 Å². The summed E-state index contributed by atoms with van der Waals surface area (Å²) in [5, 5.41) is 0. The number of benzene rings is 1. The van der Waals surface area contributed by atoms with Crippen LogP contribution in [0, 0.1) is 13.8 Å². The van der Waals surface area contributed by atoms with E-state index in [0.29, 0.717) is 18.8 Å². The molecule has 0 atom stereocenters. The fraction of sp³-hybridized carbons (Fsp3) is 0.417. The lowest BCUT2D eigenvalue weighted by Gasteiger charge is -2.17. The predicted octanol–water partition coefficient (Wildman–Crippen LogP) is 1.69. The van der Waals surface area contributed by atoms with E-state index in [2.05, 4.69) is 0 Å². The molecule has 1 aromatic carbocycles. The molecule has 1 rings (SSSR count). The Morgan fingerprint density at radius 3 is 2.44 bits per heavy atom. The molecule has 2 N–H and O–H groups in total. The van der Waals surface area contributed by atoms with Gasteiger partial charge in [-0.1, -0.05) is 18.2 Å². The summed E-state index contributed by atoms with van der Waals surface area (Å²) >= 11 is 0. The molecule has 16 heavy (non-hydrogen) atoms. The van der Waals surface area contributed by atoms with Crippen LogP contribution < -0.4 is 10.5 Å². The Morgan fingerprint density at radius 2 is 1.94 bits per heavy atom. The summed E-state index contributed by atoms with van der Waals surface area (Å²) in [5.41, 5.74) is 7.28. The number of amides is 1. The minimum atomic E-state index is -0.372. The average Bonchev–Trinajstić information content (AvgIpc) is 2.23. The minimum absolute atomic E-state index is 0.372. The van der Waals surface area contributed by atoms with Crippen LogP contribution in [0.5, 0.6) is 5.75 Å². The van der Waals surface area contributed by atoms with Gasteiger partial charge in [0.25, 0.3) is 0 Å². The second-order valence-corrected chi connectivity index (χ2v) is 3.80. The number of hydrogen-bond donors (Lipinski definition) is 1. The van der Waals surface area contributed by atoms with Crippen molar-refractivity contribution in [1.82, 2.24) is 4.90 Å². The molecule has 4 nitrogen and oxygen atoms in total. The van der Waals surface area contributed by atoms with Crippen molar-refractivity contribution < 1.29 is 9.53 Å². The molecule has 0 aliphatic heterocycles. The molecule has 0 aliphatic carbocycles. The van der Waals surface area contributed by atoms with Gasteiger partial charge in [-0.3, -0.25) is 0 Å². The highest BCUT2D eigenvalue weighted by Crippen LogP contribution is 2.22. The van der Waals surface area contributed by atoms with Crippen LogP contribution in [-0.4, -0.2) is 31.1 Å². The van der Waals surface area contributed by atoms with Crippen molar-refractivity contribution in [3.8, 4) is 5.75 Å². The Labute approximate surface area is 96.0 Å². The zero-order valence-corrected chi connectivity index (χ0v) is 9.99. The van der Waals surface area contributed by atoms with Crippen LogP contribution in [0.25, 0.3) is 0 Å². The molecular weight excluding hydrogens is 204 g/mol. The largest absolute Gasteiger partial charge is 0.415 e. The standard InChI is InChI=1S/C12H18N2O2/c1-9-5-4-6-10(2)11(9)16-12(15)14(3)8-7-13/h4-6H,7-8,13H2,1-3H3. The number of nitrogens with two attached hydrogens (primary N) is 1. The summed E-state index contributed by atoms with van der Waals surface area (Å²) in [5.74, 6) is 0.636. The molecule has 0 radical (unpaired) electrons. The number of hydrogen-bond acceptors (Lipinski definition) is 3. The van der Waals surface area contributed by atoms with Crippen molar-refractivity contribution in [2.45, 2.75) is 13.8 Å². The Kier molecular flexibility index (Phi) is 4.31. The maximum absolute atomic E-state index is 11.7. The fourth-order valence-corrected chi connectivity index (χ4v) is 1.41. The van der Waals surface area contributed by atoms with E-state index in [1.807, 2.05) is 32.0 Å². The van der Waals surface area contributed by atoms with Gasteiger partial charge >= 0.3 is 6.09 Å². The van der Waals surface area contributed by atoms with Gasteiger partial charge in [0.1, 0.15) is 5.75 Å². The molecule has 88 valence electrons. The Bertz CT molecular complexity index is 357. The lowest BCUT2D eigenvalue weighted by atomic mass is 10.1. The van der Waals surface area contributed by atoms with Gasteiger partial charge in [0.15, 0.2) is 0 Å². The fourth-order valence-electron chi connectivity index (χ4n) is 1.41. The van der Waals surface area contributed by atoms with E-state index < -0.39 is 0 Å². The molecule has 0 saturated carbocycles. The topological polar surface area (TPSA) is 55.6 Å². The minimum Gasteiger partial charge on any atom is -0.410 e. The van der Waals surface area contributed by atoms with Crippen LogP contribution in [0.3, 0.4) is 0 Å². The summed E-state index contributed by atoms with van der Waals surface area (Å²) in [6.45, 7) is 4.75. The number of para-hydroxylation sites is 1. The van der Waals surface area contributed by atoms with Crippen molar-refractivity contribution in [2.75, 3.05) is 20.1 Å². The van der Waals surface area contributed by atoms with Crippen LogP contribution in [-0.2, 0) is 0 Å². The molecule has 0 heterocycles. The highest BCUT2D eigenvalue weighted by molar-refractivity contribution is 5.71. The lowest BCUT2D eigenvalue weighted by molar-refractivity contribution is 0.163. The van der Waals surface area contributed by atoms with Crippen LogP contribution >= 0.6 is 0 Å². The average molecular weight is 222 g/mol. The van der Waals surface area contributed by atoms with E-state index in [1.165, 1.54) is 4.90 Å². The molecule has 0 saturated heterocycles. The lowest BCUT2D eigenvalue weighted by Crippen LogP contribution is -2.34. The third-order valence-corrected chi connectivity index (χ3v) is 2.37. The Hall–Kier alpha value is -1.55. The van der Waals surface area contributed by atoms with E-state index in [-0.39, 0.29) is 6.09 Å². The van der Waals surface area contributed by atoms with Crippen LogP contribution in [0.1, 0.15) is 11.1 Å². The highest BCUT2D eigenvalue weighted by Gasteiger charge is 2.13. The SMILES string of the molecule is Cc1cccc(C)c1OC(=O)N(C)CCN. The first kappa shape index (κ1) is 12.5. The zero-order chi connectivity index (χ0) is 12.1. The molecule has 0 aromatic heterocycles. The van der Waals surface area contributed by atoms with Crippen LogP contribution in [0.2, 0.25) is 0 Å². The molecule has 0 unspecified atom stereocenters. The molecule has 0 bridgehead atoms. The van der Waals surface area contributed by atoms with Gasteiger partial charge in [-0.2, -0.15) is 0 Å². The smallest absolute Gasteiger partial charge is 0.410 e. The van der Waals surface area contributed by atoms with Gasteiger partial charge in [-0.05, 0) is 25.0 Å². The summed E-state index contributed by atoms with van der Waals surface area (Å²) in [6, 6.07) is 5.77. The van der Waals surface area contributed by atoms with Crippen molar-refractivity contribution in [1.29, 1.82) is 0 Å². The molecule has 1 aromatic rings. The quantitative estimate of drug-likeness (QED) is 0.846. The van der Waals surface area contributed by atoms with Crippen molar-refractivity contribution in [3.05, 3.63) is 29.3 Å². The maximum Gasteiger partial charge on any atom is 0.415 e. The normalized spacial score (nSPS) is 10.0. The van der Waals surface area contributed by atoms with Gasteiger partial charge in [0.05, 0.1) is 0 Å². The van der Waals surface area contributed by atoms with E-state index in [9.17, 15) is 4.79 Å². The van der Waals surface area contributed by atoms with Crippen LogP contribution in [0.15, 0.2) is 18.2 Å². The number of aryl methyl sites for hydroxylation is 2. The number of ether oxygens (including phenoxy) is 1. The Morgan fingerprint density at radius 1 is 1.38 bits per heavy atom. The van der Waals surface area contributed by atoms with Crippen LogP contribution in [0.4, 0.5) is 4.79 Å². The van der Waals surface area contributed by atoms with E-state index in [4.69, 9.17) is 10.5 Å². The molecule has 1 amide bonds. The molecule has 0 spiro atoms. The highest BCUT2D eigenvalue weighted by atomic mass is 16.6. The third kappa shape index (κ3) is 2.97. The molecule has 0 fully saturated rings. The zero-order valence-electron chi connectivity index (χ0n) is 9.99. The second kappa shape index (κ2) is 5.51. The van der Waals surface area contributed by atoms with E-state index >= 15 is 0 Å². The summed E-state index contributed by atoms with van der Waals surface area (Å²) in [6.07, 6.45) is -0.372. The summed E-state index contributed by atoms with van der Waals surface area (Å²) < 4.78 is 5.32. The van der Waals surface area contributed by atoms with Crippen molar-refractivity contribution in [3.63, 3.8) is 0 Å². The molecule has 0 aliphatic rings. The van der Waals surface area contributed by atoms with Crippen molar-refractivity contribution >= 4 is 6.09 Å². The first-order valence-corrected chi connectivity index (χ1v) is 5.25. The number of nitrogens with zero attached hydrogens (tertiary/aromatic N) is 1. The molecular formula is C12H18N2O2. The third-order valence-electron chi connectivity index (χ3n) is 2.37.